The molecule has 1 aliphatic heterocycles. The van der Waals surface area contributed by atoms with Crippen LogP contribution in [0.3, 0.4) is 0 Å². The normalized spacial score (nSPS) is 17.6. The van der Waals surface area contributed by atoms with Gasteiger partial charge in [0.1, 0.15) is 11.5 Å². The van der Waals surface area contributed by atoms with Crippen molar-refractivity contribution in [3.63, 3.8) is 0 Å². The zero-order valence-corrected chi connectivity index (χ0v) is 18.5. The van der Waals surface area contributed by atoms with Crippen molar-refractivity contribution in [1.82, 2.24) is 9.97 Å². The van der Waals surface area contributed by atoms with Crippen LogP contribution >= 0.6 is 11.3 Å². The predicted octanol–water partition coefficient (Wildman–Crippen LogP) is 4.72. The van der Waals surface area contributed by atoms with Gasteiger partial charge in [0.15, 0.2) is 5.13 Å². The number of aliphatic hydroxyl groups is 1. The van der Waals surface area contributed by atoms with Crippen molar-refractivity contribution in [2.24, 2.45) is 0 Å². The molecule has 1 N–H and O–H groups in total. The molecule has 5 rings (SSSR count). The van der Waals surface area contributed by atoms with Crippen molar-refractivity contribution >= 4 is 44.1 Å². The summed E-state index contributed by atoms with van der Waals surface area (Å²) in [6.07, 6.45) is 3.20. The number of benzene rings is 2. The van der Waals surface area contributed by atoms with E-state index < -0.39 is 17.7 Å². The molecule has 3 heterocycles. The van der Waals surface area contributed by atoms with Gasteiger partial charge in [-0.1, -0.05) is 47.7 Å². The van der Waals surface area contributed by atoms with Gasteiger partial charge in [0, 0.05) is 18.0 Å². The minimum absolute atomic E-state index is 0.00783. The molecule has 2 aromatic carbocycles. The lowest BCUT2D eigenvalue weighted by Gasteiger charge is -2.22. The SMILES string of the molecule is CCOc1ccc2nc(N3C(=O)C(=O)C(=C(O)c4ccccc4)C3c3cccnc3)sc2c1. The summed E-state index contributed by atoms with van der Waals surface area (Å²) in [5.41, 5.74) is 1.75. The minimum Gasteiger partial charge on any atom is -0.507 e. The third kappa shape index (κ3) is 3.64. The number of aliphatic hydroxyl groups excluding tert-OH is 1. The van der Waals surface area contributed by atoms with Crippen LogP contribution in [0.1, 0.15) is 24.1 Å². The lowest BCUT2D eigenvalue weighted by atomic mass is 9.96. The molecule has 1 amide bonds. The van der Waals surface area contributed by atoms with Crippen LogP contribution in [0.2, 0.25) is 0 Å². The van der Waals surface area contributed by atoms with Crippen molar-refractivity contribution in [3.05, 3.63) is 89.8 Å². The number of carbonyl (C=O) groups is 2. The number of nitrogens with zero attached hydrogens (tertiary/aromatic N) is 3. The van der Waals surface area contributed by atoms with Crippen LogP contribution in [0.5, 0.6) is 5.75 Å². The van der Waals surface area contributed by atoms with E-state index in [1.165, 1.54) is 16.2 Å². The van der Waals surface area contributed by atoms with E-state index in [0.29, 0.717) is 34.1 Å². The highest BCUT2D eigenvalue weighted by atomic mass is 32.1. The molecule has 0 saturated carbocycles. The van der Waals surface area contributed by atoms with E-state index in [1.807, 2.05) is 31.2 Å². The van der Waals surface area contributed by atoms with E-state index in [-0.39, 0.29) is 11.3 Å². The number of Topliss-reactive ketones (excluding diaryl/α,β-unsaturated/α-hetero) is 1. The van der Waals surface area contributed by atoms with E-state index in [4.69, 9.17) is 4.74 Å². The van der Waals surface area contributed by atoms with Crippen LogP contribution in [0.25, 0.3) is 16.0 Å². The number of aromatic nitrogens is 2. The molecule has 0 radical (unpaired) electrons. The van der Waals surface area contributed by atoms with Crippen LogP contribution in [-0.4, -0.2) is 33.4 Å². The largest absolute Gasteiger partial charge is 0.507 e. The van der Waals surface area contributed by atoms with Gasteiger partial charge < -0.3 is 9.84 Å². The van der Waals surface area contributed by atoms with E-state index in [1.54, 1.807) is 48.8 Å². The Morgan fingerprint density at radius 1 is 1.12 bits per heavy atom. The summed E-state index contributed by atoms with van der Waals surface area (Å²) in [5.74, 6) is -1.04. The third-order valence-corrected chi connectivity index (χ3v) is 6.37. The second kappa shape index (κ2) is 8.48. The van der Waals surface area contributed by atoms with Crippen LogP contribution in [-0.2, 0) is 9.59 Å². The Morgan fingerprint density at radius 2 is 1.94 bits per heavy atom. The Morgan fingerprint density at radius 3 is 2.67 bits per heavy atom. The molecule has 7 nitrogen and oxygen atoms in total. The fourth-order valence-corrected chi connectivity index (χ4v) is 4.91. The Hall–Kier alpha value is -4.04. The molecule has 2 aromatic heterocycles. The maximum absolute atomic E-state index is 13.2. The first-order chi connectivity index (χ1) is 16.1. The molecule has 1 saturated heterocycles. The van der Waals surface area contributed by atoms with E-state index in [2.05, 4.69) is 9.97 Å². The molecule has 0 spiro atoms. The number of amides is 1. The van der Waals surface area contributed by atoms with Crippen molar-refractivity contribution in [3.8, 4) is 5.75 Å². The minimum atomic E-state index is -0.856. The van der Waals surface area contributed by atoms with Gasteiger partial charge in [-0.3, -0.25) is 19.5 Å². The molecule has 0 bridgehead atoms. The van der Waals surface area contributed by atoms with Gasteiger partial charge in [-0.05, 0) is 36.8 Å². The second-order valence-electron chi connectivity index (χ2n) is 7.38. The fourth-order valence-electron chi connectivity index (χ4n) is 3.89. The molecular weight excluding hydrogens is 438 g/mol. The van der Waals surface area contributed by atoms with Crippen molar-refractivity contribution in [1.29, 1.82) is 0 Å². The smallest absolute Gasteiger partial charge is 0.301 e. The second-order valence-corrected chi connectivity index (χ2v) is 8.39. The summed E-state index contributed by atoms with van der Waals surface area (Å²) in [6.45, 7) is 2.44. The van der Waals surface area contributed by atoms with Gasteiger partial charge in [-0.25, -0.2) is 4.98 Å². The maximum atomic E-state index is 13.2. The molecule has 1 atom stereocenters. The molecular formula is C25H19N3O4S. The molecule has 0 aliphatic carbocycles. The average Bonchev–Trinajstić information content (AvgIpc) is 3.38. The van der Waals surface area contributed by atoms with Crippen molar-refractivity contribution < 1.29 is 19.4 Å². The number of pyridine rings is 1. The predicted molar refractivity (Wildman–Crippen MR) is 126 cm³/mol. The Kier molecular flexibility index (Phi) is 5.35. The molecule has 1 unspecified atom stereocenters. The zero-order chi connectivity index (χ0) is 22.9. The number of hydrogen-bond acceptors (Lipinski definition) is 7. The maximum Gasteiger partial charge on any atom is 0.301 e. The van der Waals surface area contributed by atoms with Crippen LogP contribution < -0.4 is 9.64 Å². The highest BCUT2D eigenvalue weighted by Crippen LogP contribution is 2.44. The Balaban J connectivity index is 1.69. The molecule has 164 valence electrons. The van der Waals surface area contributed by atoms with Gasteiger partial charge in [-0.2, -0.15) is 0 Å². The van der Waals surface area contributed by atoms with Crippen molar-refractivity contribution in [2.45, 2.75) is 13.0 Å². The summed E-state index contributed by atoms with van der Waals surface area (Å²) < 4.78 is 6.40. The number of ether oxygens (including phenoxy) is 1. The summed E-state index contributed by atoms with van der Waals surface area (Å²) in [4.78, 5) is 36.5. The van der Waals surface area contributed by atoms with Crippen molar-refractivity contribution in [2.75, 3.05) is 11.5 Å². The summed E-state index contributed by atoms with van der Waals surface area (Å²) >= 11 is 1.29. The highest BCUT2D eigenvalue weighted by Gasteiger charge is 2.48. The topological polar surface area (TPSA) is 92.6 Å². The summed E-state index contributed by atoms with van der Waals surface area (Å²) in [7, 11) is 0. The molecule has 8 heteroatoms. The van der Waals surface area contributed by atoms with Gasteiger partial charge in [0.25, 0.3) is 5.78 Å². The molecule has 33 heavy (non-hydrogen) atoms. The monoisotopic (exact) mass is 457 g/mol. The van der Waals surface area contributed by atoms with E-state index >= 15 is 0 Å². The number of hydrogen-bond donors (Lipinski definition) is 1. The van der Waals surface area contributed by atoms with Gasteiger partial charge in [0.2, 0.25) is 0 Å². The quantitative estimate of drug-likeness (QED) is 0.265. The van der Waals surface area contributed by atoms with Gasteiger partial charge >= 0.3 is 5.91 Å². The Labute approximate surface area is 193 Å². The summed E-state index contributed by atoms with van der Waals surface area (Å²) in [5, 5.41) is 11.4. The van der Waals surface area contributed by atoms with Gasteiger partial charge in [-0.15, -0.1) is 0 Å². The lowest BCUT2D eigenvalue weighted by molar-refractivity contribution is -0.132. The molecule has 4 aromatic rings. The molecule has 1 aliphatic rings. The van der Waals surface area contributed by atoms with Crippen LogP contribution in [0.15, 0.2) is 78.6 Å². The van der Waals surface area contributed by atoms with E-state index in [9.17, 15) is 14.7 Å². The number of thiazole rings is 1. The summed E-state index contributed by atoms with van der Waals surface area (Å²) in [6, 6.07) is 16.8. The first kappa shape index (κ1) is 20.8. The Bertz CT molecular complexity index is 1380. The number of fused-ring (bicyclic) bond motifs is 1. The highest BCUT2D eigenvalue weighted by molar-refractivity contribution is 7.22. The first-order valence-electron chi connectivity index (χ1n) is 10.4. The zero-order valence-electron chi connectivity index (χ0n) is 17.6. The average molecular weight is 458 g/mol. The lowest BCUT2D eigenvalue weighted by Crippen LogP contribution is -2.29. The van der Waals surface area contributed by atoms with Crippen LogP contribution in [0.4, 0.5) is 5.13 Å². The van der Waals surface area contributed by atoms with E-state index in [0.717, 1.165) is 4.70 Å². The molecule has 1 fully saturated rings. The van der Waals surface area contributed by atoms with Gasteiger partial charge in [0.05, 0.1) is 28.4 Å². The fraction of sp³-hybridized carbons (Fsp3) is 0.120. The number of carbonyl (C=O) groups excluding carboxylic acids is 2. The number of anilines is 1. The standard InChI is InChI=1S/C25H19N3O4S/c1-2-32-17-10-11-18-19(13-17)33-25(27-18)28-21(16-9-6-12-26-14-16)20(23(30)24(28)31)22(29)15-7-4-3-5-8-15/h3-14,21,29H,2H2,1H3. The number of rotatable bonds is 5. The first-order valence-corrected chi connectivity index (χ1v) is 11.2. The van der Waals surface area contributed by atoms with Crippen LogP contribution in [0, 0.1) is 0 Å². The number of ketones is 1. The third-order valence-electron chi connectivity index (χ3n) is 5.36.